The van der Waals surface area contributed by atoms with Crippen LogP contribution in [0.1, 0.15) is 27.2 Å². The molecule has 0 aromatic carbocycles. The fourth-order valence-electron chi connectivity index (χ4n) is 0.794. The van der Waals surface area contributed by atoms with Crippen LogP contribution in [-0.4, -0.2) is 19.0 Å². The number of halogens is 1. The van der Waals surface area contributed by atoms with Gasteiger partial charge in [0.1, 0.15) is 0 Å². The summed E-state index contributed by atoms with van der Waals surface area (Å²) < 4.78 is 0. The van der Waals surface area contributed by atoms with Gasteiger partial charge in [-0.2, -0.15) is 0 Å². The van der Waals surface area contributed by atoms with Gasteiger partial charge in [-0.3, -0.25) is 0 Å². The van der Waals surface area contributed by atoms with Crippen LogP contribution in [0.4, 0.5) is 0 Å². The van der Waals surface area contributed by atoms with Crippen LogP contribution >= 0.6 is 11.6 Å². The van der Waals surface area contributed by atoms with Crippen LogP contribution in [0.3, 0.4) is 0 Å². The predicted octanol–water partition coefficient (Wildman–Crippen LogP) is 2.50. The first-order valence-electron chi connectivity index (χ1n) is 4.43. The van der Waals surface area contributed by atoms with Gasteiger partial charge >= 0.3 is 0 Å². The van der Waals surface area contributed by atoms with Crippen molar-refractivity contribution >= 4 is 11.6 Å². The minimum atomic E-state index is 0.601. The van der Waals surface area contributed by atoms with E-state index in [9.17, 15) is 0 Å². The van der Waals surface area contributed by atoms with Gasteiger partial charge in [-0.25, -0.2) is 0 Å². The maximum Gasteiger partial charge on any atom is 0.0261 e. The third kappa shape index (κ3) is 8.15. The lowest BCUT2D eigenvalue weighted by atomic mass is 10.1. The number of hydrogen-bond acceptors (Lipinski definition) is 1. The van der Waals surface area contributed by atoms with Crippen molar-refractivity contribution in [2.75, 3.05) is 19.0 Å². The van der Waals surface area contributed by atoms with Gasteiger partial charge in [0, 0.05) is 5.88 Å². The largest absolute Gasteiger partial charge is 0.316 e. The molecule has 68 valence electrons. The van der Waals surface area contributed by atoms with Crippen molar-refractivity contribution in [2.45, 2.75) is 27.2 Å². The first-order chi connectivity index (χ1) is 5.16. The molecule has 0 aliphatic heterocycles. The van der Waals surface area contributed by atoms with E-state index in [2.05, 4.69) is 26.1 Å². The minimum absolute atomic E-state index is 0.601. The molecule has 0 fully saturated rings. The van der Waals surface area contributed by atoms with Crippen molar-refractivity contribution in [1.29, 1.82) is 0 Å². The summed E-state index contributed by atoms with van der Waals surface area (Å²) in [6.07, 6.45) is 1.26. The number of nitrogens with one attached hydrogen (secondary N) is 1. The Kier molecular flexibility index (Phi) is 7.09. The SMILES string of the molecule is CC(C)CCNCC(C)CCl. The first-order valence-corrected chi connectivity index (χ1v) is 4.97. The van der Waals surface area contributed by atoms with Crippen LogP contribution < -0.4 is 5.32 Å². The molecule has 2 heteroatoms. The van der Waals surface area contributed by atoms with Crippen molar-refractivity contribution in [3.63, 3.8) is 0 Å². The Morgan fingerprint density at radius 2 is 1.91 bits per heavy atom. The predicted molar refractivity (Wildman–Crippen MR) is 52.2 cm³/mol. The highest BCUT2D eigenvalue weighted by Gasteiger charge is 1.98. The van der Waals surface area contributed by atoms with Crippen LogP contribution in [-0.2, 0) is 0 Å². The summed E-state index contributed by atoms with van der Waals surface area (Å²) in [5.74, 6) is 2.16. The molecule has 0 aliphatic rings. The van der Waals surface area contributed by atoms with Crippen molar-refractivity contribution in [1.82, 2.24) is 5.32 Å². The van der Waals surface area contributed by atoms with Crippen LogP contribution in [0, 0.1) is 11.8 Å². The summed E-state index contributed by atoms with van der Waals surface area (Å²) in [6, 6.07) is 0. The van der Waals surface area contributed by atoms with E-state index < -0.39 is 0 Å². The fraction of sp³-hybridized carbons (Fsp3) is 1.00. The second kappa shape index (κ2) is 6.93. The molecule has 1 atom stereocenters. The van der Waals surface area contributed by atoms with E-state index in [1.807, 2.05) is 0 Å². The third-order valence-corrected chi connectivity index (χ3v) is 2.18. The Balaban J connectivity index is 3.01. The lowest BCUT2D eigenvalue weighted by Crippen LogP contribution is -2.23. The van der Waals surface area contributed by atoms with Gasteiger partial charge in [-0.1, -0.05) is 20.8 Å². The van der Waals surface area contributed by atoms with Crippen LogP contribution in [0.5, 0.6) is 0 Å². The van der Waals surface area contributed by atoms with E-state index in [1.54, 1.807) is 0 Å². The van der Waals surface area contributed by atoms with E-state index in [1.165, 1.54) is 6.42 Å². The van der Waals surface area contributed by atoms with E-state index in [0.29, 0.717) is 5.92 Å². The average molecular weight is 178 g/mol. The summed E-state index contributed by atoms with van der Waals surface area (Å²) in [4.78, 5) is 0. The topological polar surface area (TPSA) is 12.0 Å². The van der Waals surface area contributed by atoms with Gasteiger partial charge in [-0.15, -0.1) is 11.6 Å². The zero-order valence-corrected chi connectivity index (χ0v) is 8.62. The quantitative estimate of drug-likeness (QED) is 0.486. The van der Waals surface area contributed by atoms with Gasteiger partial charge in [0.05, 0.1) is 0 Å². The molecule has 1 unspecified atom stereocenters. The molecule has 0 rings (SSSR count). The molecule has 1 nitrogen and oxygen atoms in total. The van der Waals surface area contributed by atoms with E-state index >= 15 is 0 Å². The molecule has 0 radical (unpaired) electrons. The molecule has 0 spiro atoms. The van der Waals surface area contributed by atoms with E-state index in [-0.39, 0.29) is 0 Å². The van der Waals surface area contributed by atoms with Crippen molar-refractivity contribution in [3.05, 3.63) is 0 Å². The average Bonchev–Trinajstić information content (AvgIpc) is 1.97. The zero-order valence-electron chi connectivity index (χ0n) is 7.86. The second-order valence-electron chi connectivity index (χ2n) is 3.65. The molecule has 0 heterocycles. The first kappa shape index (κ1) is 11.2. The molecule has 0 aromatic rings. The smallest absolute Gasteiger partial charge is 0.0261 e. The maximum absolute atomic E-state index is 5.65. The van der Waals surface area contributed by atoms with E-state index in [0.717, 1.165) is 24.9 Å². The molecule has 1 N–H and O–H groups in total. The van der Waals surface area contributed by atoms with Crippen molar-refractivity contribution < 1.29 is 0 Å². The zero-order chi connectivity index (χ0) is 8.69. The molecule has 0 aliphatic carbocycles. The summed E-state index contributed by atoms with van der Waals surface area (Å²) in [5.41, 5.74) is 0. The van der Waals surface area contributed by atoms with Gasteiger partial charge in [0.15, 0.2) is 0 Å². The molecule has 11 heavy (non-hydrogen) atoms. The normalized spacial score (nSPS) is 13.9. The number of alkyl halides is 1. The Morgan fingerprint density at radius 3 is 2.36 bits per heavy atom. The van der Waals surface area contributed by atoms with Crippen molar-refractivity contribution in [3.8, 4) is 0 Å². The molecule has 0 saturated heterocycles. The molecule has 0 amide bonds. The highest BCUT2D eigenvalue weighted by Crippen LogP contribution is 1.98. The second-order valence-corrected chi connectivity index (χ2v) is 3.95. The number of hydrogen-bond donors (Lipinski definition) is 1. The van der Waals surface area contributed by atoms with Gasteiger partial charge in [0.2, 0.25) is 0 Å². The summed E-state index contributed by atoms with van der Waals surface area (Å²) in [6.45, 7) is 8.82. The van der Waals surface area contributed by atoms with Crippen LogP contribution in [0.2, 0.25) is 0 Å². The van der Waals surface area contributed by atoms with Gasteiger partial charge in [-0.05, 0) is 31.3 Å². The highest BCUT2D eigenvalue weighted by molar-refractivity contribution is 6.18. The molecular formula is C9H20ClN. The van der Waals surface area contributed by atoms with Gasteiger partial charge < -0.3 is 5.32 Å². The molecule has 0 aromatic heterocycles. The Labute approximate surface area is 75.5 Å². The summed E-state index contributed by atoms with van der Waals surface area (Å²) in [7, 11) is 0. The Morgan fingerprint density at radius 1 is 1.27 bits per heavy atom. The van der Waals surface area contributed by atoms with E-state index in [4.69, 9.17) is 11.6 Å². The standard InChI is InChI=1S/C9H20ClN/c1-8(2)4-5-11-7-9(3)6-10/h8-9,11H,4-7H2,1-3H3. The molecular weight excluding hydrogens is 158 g/mol. The van der Waals surface area contributed by atoms with Crippen LogP contribution in [0.25, 0.3) is 0 Å². The van der Waals surface area contributed by atoms with Gasteiger partial charge in [0.25, 0.3) is 0 Å². The lowest BCUT2D eigenvalue weighted by molar-refractivity contribution is 0.500. The third-order valence-electron chi connectivity index (χ3n) is 1.65. The lowest BCUT2D eigenvalue weighted by Gasteiger charge is -2.09. The minimum Gasteiger partial charge on any atom is -0.316 e. The maximum atomic E-state index is 5.65. The summed E-state index contributed by atoms with van der Waals surface area (Å²) in [5, 5.41) is 3.38. The molecule has 0 bridgehead atoms. The number of rotatable bonds is 6. The molecule has 0 saturated carbocycles. The van der Waals surface area contributed by atoms with Crippen LogP contribution in [0.15, 0.2) is 0 Å². The Bertz CT molecular complexity index is 83.6. The fourth-order valence-corrected chi connectivity index (χ4v) is 0.903. The monoisotopic (exact) mass is 177 g/mol. The summed E-state index contributed by atoms with van der Waals surface area (Å²) >= 11 is 5.65. The van der Waals surface area contributed by atoms with Crippen molar-refractivity contribution in [2.24, 2.45) is 11.8 Å². The Hall–Kier alpha value is 0.250. The highest BCUT2D eigenvalue weighted by atomic mass is 35.5.